The molecule has 154 valence electrons. The predicted molar refractivity (Wildman–Crippen MR) is 121 cm³/mol. The number of fused-ring (bicyclic) bond motifs is 1. The molecule has 0 radical (unpaired) electrons. The molecule has 31 heavy (non-hydrogen) atoms. The number of carbonyl (C=O) groups excluding carboxylic acids is 1. The first-order chi connectivity index (χ1) is 15.0. The number of nitrogens with one attached hydrogen (secondary N) is 2. The number of nitro groups is 1. The molecule has 1 amide bonds. The third kappa shape index (κ3) is 4.03. The van der Waals surface area contributed by atoms with Gasteiger partial charge in [0.2, 0.25) is 5.75 Å². The van der Waals surface area contributed by atoms with E-state index in [9.17, 15) is 20.0 Å². The minimum absolute atomic E-state index is 0.110. The van der Waals surface area contributed by atoms with Crippen LogP contribution in [0.3, 0.4) is 0 Å². The second-order valence-electron chi connectivity index (χ2n) is 6.60. The molecule has 8 nitrogen and oxygen atoms in total. The number of hydrogen-bond acceptors (Lipinski definition) is 5. The van der Waals surface area contributed by atoms with Gasteiger partial charge in [0, 0.05) is 32.6 Å². The van der Waals surface area contributed by atoms with E-state index < -0.39 is 22.3 Å². The highest BCUT2D eigenvalue weighted by Gasteiger charge is 2.19. The van der Waals surface area contributed by atoms with Crippen molar-refractivity contribution in [2.24, 2.45) is 5.10 Å². The molecular weight excluding hydrogens is 464 g/mol. The number of carbonyl (C=O) groups is 1. The monoisotopic (exact) mass is 478 g/mol. The number of amides is 1. The summed E-state index contributed by atoms with van der Waals surface area (Å²) in [7, 11) is 0. The number of para-hydroxylation sites is 1. The first kappa shape index (κ1) is 20.3. The molecule has 0 aliphatic rings. The van der Waals surface area contributed by atoms with E-state index >= 15 is 0 Å². The van der Waals surface area contributed by atoms with E-state index in [-0.39, 0.29) is 5.56 Å². The quantitative estimate of drug-likeness (QED) is 0.213. The molecule has 1 heterocycles. The number of aromatic hydroxyl groups is 1. The minimum Gasteiger partial charge on any atom is -0.502 e. The molecule has 0 aliphatic carbocycles. The second-order valence-corrected chi connectivity index (χ2v) is 7.52. The summed E-state index contributed by atoms with van der Waals surface area (Å²) in [4.78, 5) is 26.3. The summed E-state index contributed by atoms with van der Waals surface area (Å²) in [5.74, 6) is -1.02. The molecule has 3 N–H and O–H groups in total. The van der Waals surface area contributed by atoms with Crippen LogP contribution in [-0.2, 0) is 0 Å². The van der Waals surface area contributed by atoms with Gasteiger partial charge in [0.15, 0.2) is 0 Å². The van der Waals surface area contributed by atoms with Crippen molar-refractivity contribution in [1.82, 2.24) is 10.4 Å². The lowest BCUT2D eigenvalue weighted by Gasteiger charge is -2.05. The highest BCUT2D eigenvalue weighted by Crippen LogP contribution is 2.34. The molecule has 4 aromatic rings. The molecule has 0 atom stereocenters. The highest BCUT2D eigenvalue weighted by molar-refractivity contribution is 9.10. The topological polar surface area (TPSA) is 121 Å². The molecule has 1 aromatic heterocycles. The van der Waals surface area contributed by atoms with Gasteiger partial charge in [-0.25, -0.2) is 5.43 Å². The molecule has 0 aliphatic heterocycles. The Morgan fingerprint density at radius 1 is 1.13 bits per heavy atom. The van der Waals surface area contributed by atoms with E-state index in [1.54, 1.807) is 0 Å². The zero-order chi connectivity index (χ0) is 22.0. The standard InChI is InChI=1S/C22H15BrN4O4/c23-15-9-10-17-16(11-15)19(13-5-2-1-3-6-13)20(25-17)22(29)26-24-12-14-7-4-8-18(21(14)28)27(30)31/h1-12,25,28H,(H,26,29)/b24-12-. The number of rotatable bonds is 5. The predicted octanol–water partition coefficient (Wildman–Crippen LogP) is 4.98. The maximum absolute atomic E-state index is 12.9. The summed E-state index contributed by atoms with van der Waals surface area (Å²) in [6, 6.07) is 19.2. The zero-order valence-corrected chi connectivity index (χ0v) is 17.5. The van der Waals surface area contributed by atoms with Crippen molar-refractivity contribution in [3.05, 3.63) is 92.6 Å². The van der Waals surface area contributed by atoms with Crippen LogP contribution < -0.4 is 5.43 Å². The smallest absolute Gasteiger partial charge is 0.311 e. The lowest BCUT2D eigenvalue weighted by Crippen LogP contribution is -2.18. The van der Waals surface area contributed by atoms with Gasteiger partial charge >= 0.3 is 5.69 Å². The largest absolute Gasteiger partial charge is 0.502 e. The Hall–Kier alpha value is -3.98. The summed E-state index contributed by atoms with van der Waals surface area (Å²) in [5.41, 5.74) is 4.77. The Labute approximate surface area is 184 Å². The van der Waals surface area contributed by atoms with Gasteiger partial charge in [-0.2, -0.15) is 5.10 Å². The third-order valence-electron chi connectivity index (χ3n) is 4.66. The fraction of sp³-hybridized carbons (Fsp3) is 0. The molecule has 0 bridgehead atoms. The average Bonchev–Trinajstić information content (AvgIpc) is 3.14. The maximum atomic E-state index is 12.9. The number of nitro benzene ring substituents is 1. The van der Waals surface area contributed by atoms with E-state index in [0.717, 1.165) is 32.7 Å². The SMILES string of the molecule is O=C(N/N=C\c1cccc([N+](=O)[O-])c1O)c1[nH]c2ccc(Br)cc2c1-c1ccccc1. The van der Waals surface area contributed by atoms with Crippen molar-refractivity contribution in [2.45, 2.75) is 0 Å². The van der Waals surface area contributed by atoms with Crippen LogP contribution in [0.25, 0.3) is 22.0 Å². The van der Waals surface area contributed by atoms with Crippen LogP contribution in [0.1, 0.15) is 16.1 Å². The maximum Gasteiger partial charge on any atom is 0.311 e. The van der Waals surface area contributed by atoms with Crippen molar-refractivity contribution in [3.63, 3.8) is 0 Å². The number of phenolic OH excluding ortho intramolecular Hbond substituents is 1. The Morgan fingerprint density at radius 3 is 2.65 bits per heavy atom. The number of hydrogen-bond donors (Lipinski definition) is 3. The number of benzene rings is 3. The molecule has 4 rings (SSSR count). The van der Waals surface area contributed by atoms with Gasteiger partial charge in [-0.05, 0) is 29.8 Å². The zero-order valence-electron chi connectivity index (χ0n) is 15.9. The van der Waals surface area contributed by atoms with Gasteiger partial charge in [0.05, 0.1) is 11.1 Å². The van der Waals surface area contributed by atoms with Crippen molar-refractivity contribution in [2.75, 3.05) is 0 Å². The number of nitrogens with zero attached hydrogens (tertiary/aromatic N) is 2. The van der Waals surface area contributed by atoms with E-state index in [0.29, 0.717) is 5.69 Å². The number of phenols is 1. The molecule has 9 heteroatoms. The number of H-pyrrole nitrogens is 1. The summed E-state index contributed by atoms with van der Waals surface area (Å²) >= 11 is 3.47. The van der Waals surface area contributed by atoms with Crippen molar-refractivity contribution in [3.8, 4) is 16.9 Å². The van der Waals surface area contributed by atoms with Crippen LogP contribution in [0.15, 0.2) is 76.3 Å². The van der Waals surface area contributed by atoms with Gasteiger partial charge in [0.1, 0.15) is 5.69 Å². The Kier molecular flexibility index (Phi) is 5.50. The number of hydrazone groups is 1. The summed E-state index contributed by atoms with van der Waals surface area (Å²) < 4.78 is 0.877. The molecule has 0 fully saturated rings. The second kappa shape index (κ2) is 8.41. The van der Waals surface area contributed by atoms with Gasteiger partial charge in [-0.15, -0.1) is 0 Å². The normalized spacial score (nSPS) is 11.1. The van der Waals surface area contributed by atoms with E-state index in [1.807, 2.05) is 48.5 Å². The summed E-state index contributed by atoms with van der Waals surface area (Å²) in [6.45, 7) is 0. The lowest BCUT2D eigenvalue weighted by molar-refractivity contribution is -0.385. The first-order valence-corrected chi connectivity index (χ1v) is 9.91. The van der Waals surface area contributed by atoms with Gasteiger partial charge < -0.3 is 10.1 Å². The number of halogens is 1. The van der Waals surface area contributed by atoms with Crippen LogP contribution in [0.2, 0.25) is 0 Å². The summed E-state index contributed by atoms with van der Waals surface area (Å²) in [5, 5.41) is 25.7. The Morgan fingerprint density at radius 2 is 1.90 bits per heavy atom. The third-order valence-corrected chi connectivity index (χ3v) is 5.16. The van der Waals surface area contributed by atoms with Crippen molar-refractivity contribution in [1.29, 1.82) is 0 Å². The number of aromatic amines is 1. The van der Waals surface area contributed by atoms with Crippen LogP contribution in [-0.4, -0.2) is 27.1 Å². The molecule has 0 unspecified atom stereocenters. The average molecular weight is 479 g/mol. The first-order valence-electron chi connectivity index (χ1n) is 9.12. The van der Waals surface area contributed by atoms with Crippen molar-refractivity contribution < 1.29 is 14.8 Å². The fourth-order valence-electron chi connectivity index (χ4n) is 3.26. The molecule has 0 saturated carbocycles. The van der Waals surface area contributed by atoms with Crippen LogP contribution >= 0.6 is 15.9 Å². The molecule has 0 saturated heterocycles. The Balaban J connectivity index is 1.68. The minimum atomic E-state index is -0.694. The lowest BCUT2D eigenvalue weighted by atomic mass is 10.0. The molecular formula is C22H15BrN4O4. The number of aromatic nitrogens is 1. The highest BCUT2D eigenvalue weighted by atomic mass is 79.9. The molecule has 0 spiro atoms. The Bertz CT molecular complexity index is 1330. The van der Waals surface area contributed by atoms with Crippen LogP contribution in [0.5, 0.6) is 5.75 Å². The van der Waals surface area contributed by atoms with Crippen molar-refractivity contribution >= 4 is 44.6 Å². The molecule has 3 aromatic carbocycles. The van der Waals surface area contributed by atoms with E-state index in [1.165, 1.54) is 18.2 Å². The van der Waals surface area contributed by atoms with E-state index in [2.05, 4.69) is 31.4 Å². The fourth-order valence-corrected chi connectivity index (χ4v) is 3.62. The van der Waals surface area contributed by atoms with Gasteiger partial charge in [-0.1, -0.05) is 52.3 Å². The van der Waals surface area contributed by atoms with Crippen LogP contribution in [0, 0.1) is 10.1 Å². The van der Waals surface area contributed by atoms with E-state index in [4.69, 9.17) is 0 Å². The van der Waals surface area contributed by atoms with Crippen LogP contribution in [0.4, 0.5) is 5.69 Å². The van der Waals surface area contributed by atoms with Gasteiger partial charge in [0.25, 0.3) is 5.91 Å². The summed E-state index contributed by atoms with van der Waals surface area (Å²) in [6.07, 6.45) is 1.15. The van der Waals surface area contributed by atoms with Gasteiger partial charge in [-0.3, -0.25) is 14.9 Å².